The molecule has 1 aliphatic heterocycles. The van der Waals surface area contributed by atoms with Gasteiger partial charge in [-0.2, -0.15) is 4.68 Å². The number of fused-ring (bicyclic) bond motifs is 1. The Morgan fingerprint density at radius 1 is 1.14 bits per heavy atom. The number of benzene rings is 2. The molecule has 1 saturated heterocycles. The third-order valence-electron chi connectivity index (χ3n) is 4.76. The standard InChI is InChI=1S/C20H18N4O4/c1-13-6-8-15(9-7-13)23-11-14(10-18(23)25)20(27)28-12-24-19(26)16-4-2-3-5-17(16)21-22-24/h2-9,14H,10-12H2,1H3/t14-/m0/s1. The molecule has 0 spiro atoms. The zero-order valence-corrected chi connectivity index (χ0v) is 15.2. The van der Waals surface area contributed by atoms with Crippen molar-refractivity contribution in [1.29, 1.82) is 0 Å². The summed E-state index contributed by atoms with van der Waals surface area (Å²) in [5, 5.41) is 8.14. The number of hydrogen-bond donors (Lipinski definition) is 0. The van der Waals surface area contributed by atoms with Crippen molar-refractivity contribution >= 4 is 28.5 Å². The first-order chi connectivity index (χ1) is 13.5. The second kappa shape index (κ2) is 7.22. The fraction of sp³-hybridized carbons (Fsp3) is 0.250. The highest BCUT2D eigenvalue weighted by atomic mass is 16.5. The van der Waals surface area contributed by atoms with Crippen molar-refractivity contribution in [2.45, 2.75) is 20.1 Å². The van der Waals surface area contributed by atoms with Gasteiger partial charge < -0.3 is 9.64 Å². The smallest absolute Gasteiger partial charge is 0.313 e. The number of rotatable bonds is 4. The minimum absolute atomic E-state index is 0.0744. The third-order valence-corrected chi connectivity index (χ3v) is 4.76. The van der Waals surface area contributed by atoms with Crippen molar-refractivity contribution in [2.24, 2.45) is 5.92 Å². The number of aromatic nitrogens is 3. The van der Waals surface area contributed by atoms with Crippen LogP contribution in [0.3, 0.4) is 0 Å². The molecule has 0 aliphatic carbocycles. The summed E-state index contributed by atoms with van der Waals surface area (Å²) in [5.74, 6) is -1.25. The molecular weight excluding hydrogens is 360 g/mol. The monoisotopic (exact) mass is 378 g/mol. The lowest BCUT2D eigenvalue weighted by Crippen LogP contribution is -2.29. The lowest BCUT2D eigenvalue weighted by molar-refractivity contribution is -0.152. The normalized spacial score (nSPS) is 16.5. The molecule has 2 aromatic carbocycles. The van der Waals surface area contributed by atoms with Crippen LogP contribution in [0, 0.1) is 12.8 Å². The average molecular weight is 378 g/mol. The van der Waals surface area contributed by atoms with E-state index in [9.17, 15) is 14.4 Å². The Hall–Kier alpha value is -3.55. The zero-order valence-electron chi connectivity index (χ0n) is 15.2. The van der Waals surface area contributed by atoms with E-state index in [4.69, 9.17) is 4.74 Å². The maximum absolute atomic E-state index is 12.4. The second-order valence-electron chi connectivity index (χ2n) is 6.74. The minimum Gasteiger partial charge on any atom is -0.442 e. The van der Waals surface area contributed by atoms with E-state index in [1.54, 1.807) is 29.2 Å². The summed E-state index contributed by atoms with van der Waals surface area (Å²) in [5.41, 5.74) is 1.93. The Kier molecular flexibility index (Phi) is 4.60. The predicted molar refractivity (Wildman–Crippen MR) is 102 cm³/mol. The van der Waals surface area contributed by atoms with Gasteiger partial charge in [0.05, 0.1) is 11.3 Å². The van der Waals surface area contributed by atoms with E-state index in [0.717, 1.165) is 15.9 Å². The predicted octanol–water partition coefficient (Wildman–Crippen LogP) is 1.65. The SMILES string of the molecule is Cc1ccc(N2C[C@@H](C(=O)OCn3nnc4ccccc4c3=O)CC2=O)cc1. The van der Waals surface area contributed by atoms with E-state index < -0.39 is 11.9 Å². The number of amides is 1. The van der Waals surface area contributed by atoms with Gasteiger partial charge in [-0.05, 0) is 31.2 Å². The summed E-state index contributed by atoms with van der Waals surface area (Å²) < 4.78 is 6.23. The number of hydrogen-bond acceptors (Lipinski definition) is 6. The molecule has 8 heteroatoms. The molecule has 0 N–H and O–H groups in total. The van der Waals surface area contributed by atoms with E-state index in [0.29, 0.717) is 10.9 Å². The molecular formula is C20H18N4O4. The largest absolute Gasteiger partial charge is 0.442 e. The first kappa shape index (κ1) is 17.8. The summed E-state index contributed by atoms with van der Waals surface area (Å²) >= 11 is 0. The van der Waals surface area contributed by atoms with E-state index in [1.807, 2.05) is 31.2 Å². The van der Waals surface area contributed by atoms with E-state index in [-0.39, 0.29) is 31.2 Å². The van der Waals surface area contributed by atoms with Crippen LogP contribution in [0.5, 0.6) is 0 Å². The van der Waals surface area contributed by atoms with Gasteiger partial charge in [0.15, 0.2) is 6.73 Å². The molecule has 1 amide bonds. The van der Waals surface area contributed by atoms with E-state index in [2.05, 4.69) is 10.3 Å². The van der Waals surface area contributed by atoms with Gasteiger partial charge in [-0.25, -0.2) is 0 Å². The van der Waals surface area contributed by atoms with Crippen molar-refractivity contribution < 1.29 is 14.3 Å². The Bertz CT molecular complexity index is 1110. The molecule has 0 saturated carbocycles. The molecule has 2 heterocycles. The van der Waals surface area contributed by atoms with Crippen LogP contribution >= 0.6 is 0 Å². The highest BCUT2D eigenvalue weighted by Gasteiger charge is 2.36. The fourth-order valence-electron chi connectivity index (χ4n) is 3.19. The minimum atomic E-state index is -0.585. The first-order valence-corrected chi connectivity index (χ1v) is 8.89. The summed E-state index contributed by atoms with van der Waals surface area (Å²) in [4.78, 5) is 38.7. The molecule has 142 valence electrons. The molecule has 1 fully saturated rings. The number of carbonyl (C=O) groups is 2. The van der Waals surface area contributed by atoms with Crippen LogP contribution in [-0.4, -0.2) is 33.4 Å². The van der Waals surface area contributed by atoms with Crippen molar-refractivity contribution in [1.82, 2.24) is 15.0 Å². The Labute approximate surface area is 160 Å². The van der Waals surface area contributed by atoms with Gasteiger partial charge >= 0.3 is 5.97 Å². The number of ether oxygens (including phenoxy) is 1. The average Bonchev–Trinajstić information content (AvgIpc) is 3.10. The highest BCUT2D eigenvalue weighted by Crippen LogP contribution is 2.26. The van der Waals surface area contributed by atoms with E-state index in [1.165, 1.54) is 0 Å². The maximum Gasteiger partial charge on any atom is 0.313 e. The molecule has 1 atom stereocenters. The van der Waals surface area contributed by atoms with Crippen LogP contribution in [0.25, 0.3) is 10.9 Å². The topological polar surface area (TPSA) is 94.4 Å². The van der Waals surface area contributed by atoms with Crippen molar-refractivity contribution in [3.8, 4) is 0 Å². The second-order valence-corrected chi connectivity index (χ2v) is 6.74. The molecule has 1 aliphatic rings. The Balaban J connectivity index is 1.43. The Morgan fingerprint density at radius 2 is 1.89 bits per heavy atom. The van der Waals surface area contributed by atoms with Crippen LogP contribution < -0.4 is 10.5 Å². The van der Waals surface area contributed by atoms with Gasteiger partial charge in [0.1, 0.15) is 5.52 Å². The fourth-order valence-corrected chi connectivity index (χ4v) is 3.19. The Morgan fingerprint density at radius 3 is 2.68 bits per heavy atom. The van der Waals surface area contributed by atoms with Crippen LogP contribution in [0.1, 0.15) is 12.0 Å². The number of anilines is 1. The van der Waals surface area contributed by atoms with Crippen LogP contribution in [0.4, 0.5) is 5.69 Å². The molecule has 3 aromatic rings. The van der Waals surface area contributed by atoms with Gasteiger partial charge in [-0.3, -0.25) is 14.4 Å². The van der Waals surface area contributed by atoms with Crippen LogP contribution in [0.15, 0.2) is 53.3 Å². The molecule has 28 heavy (non-hydrogen) atoms. The lowest BCUT2D eigenvalue weighted by atomic mass is 10.1. The molecule has 0 unspecified atom stereocenters. The lowest BCUT2D eigenvalue weighted by Gasteiger charge is -2.16. The number of aryl methyl sites for hydroxylation is 1. The molecule has 4 rings (SSSR count). The van der Waals surface area contributed by atoms with Crippen molar-refractivity contribution in [2.75, 3.05) is 11.4 Å². The maximum atomic E-state index is 12.4. The number of esters is 1. The zero-order chi connectivity index (χ0) is 19.7. The quantitative estimate of drug-likeness (QED) is 0.641. The number of carbonyl (C=O) groups excluding carboxylic acids is 2. The van der Waals surface area contributed by atoms with Gasteiger partial charge in [-0.15, -0.1) is 5.10 Å². The summed E-state index contributed by atoms with van der Waals surface area (Å²) in [7, 11) is 0. The third kappa shape index (κ3) is 3.36. The van der Waals surface area contributed by atoms with Crippen molar-refractivity contribution in [3.05, 3.63) is 64.4 Å². The molecule has 8 nitrogen and oxygen atoms in total. The van der Waals surface area contributed by atoms with Crippen molar-refractivity contribution in [3.63, 3.8) is 0 Å². The first-order valence-electron chi connectivity index (χ1n) is 8.89. The summed E-state index contributed by atoms with van der Waals surface area (Å²) in [6.45, 7) is 1.87. The molecule has 1 aromatic heterocycles. The number of nitrogens with zero attached hydrogens (tertiary/aromatic N) is 4. The van der Waals surface area contributed by atoms with Gasteiger partial charge in [-0.1, -0.05) is 35.0 Å². The van der Waals surface area contributed by atoms with Gasteiger partial charge in [0.25, 0.3) is 5.56 Å². The highest BCUT2D eigenvalue weighted by molar-refractivity contribution is 5.99. The summed E-state index contributed by atoms with van der Waals surface area (Å²) in [6, 6.07) is 14.3. The van der Waals surface area contributed by atoms with E-state index >= 15 is 0 Å². The van der Waals surface area contributed by atoms with Gasteiger partial charge in [0.2, 0.25) is 5.91 Å². The van der Waals surface area contributed by atoms with Gasteiger partial charge in [0, 0.05) is 18.7 Å². The molecule has 0 radical (unpaired) electrons. The van der Waals surface area contributed by atoms with Crippen LogP contribution in [0.2, 0.25) is 0 Å². The van der Waals surface area contributed by atoms with Crippen LogP contribution in [-0.2, 0) is 21.1 Å². The molecule has 0 bridgehead atoms. The summed E-state index contributed by atoms with van der Waals surface area (Å²) in [6.07, 6.45) is 0.0744.